The Hall–Kier alpha value is -2.67. The van der Waals surface area contributed by atoms with Crippen LogP contribution in [0, 0.1) is 5.82 Å². The number of rotatable bonds is 6. The molecule has 0 spiro atoms. The minimum absolute atomic E-state index is 0.0853. The maximum atomic E-state index is 14.5. The molecule has 5 nitrogen and oxygen atoms in total. The van der Waals surface area contributed by atoms with Gasteiger partial charge in [0.2, 0.25) is 0 Å². The van der Waals surface area contributed by atoms with Gasteiger partial charge in [-0.15, -0.1) is 10.2 Å². The Morgan fingerprint density at radius 1 is 1.07 bits per heavy atom. The van der Waals surface area contributed by atoms with Gasteiger partial charge < -0.3 is 4.90 Å². The molecule has 1 fully saturated rings. The van der Waals surface area contributed by atoms with E-state index in [0.717, 1.165) is 37.1 Å². The summed E-state index contributed by atoms with van der Waals surface area (Å²) in [7, 11) is 0. The number of aromatic nitrogens is 3. The zero-order valence-electron chi connectivity index (χ0n) is 17.2. The van der Waals surface area contributed by atoms with E-state index >= 15 is 0 Å². The van der Waals surface area contributed by atoms with Gasteiger partial charge in [0.1, 0.15) is 11.6 Å². The molecular weight excluding hydrogens is 399 g/mol. The molecule has 0 aliphatic carbocycles. The highest BCUT2D eigenvalue weighted by Gasteiger charge is 2.23. The molecular formula is C23H25FN4OS. The molecule has 30 heavy (non-hydrogen) atoms. The van der Waals surface area contributed by atoms with Crippen molar-refractivity contribution in [3.05, 3.63) is 71.3 Å². The summed E-state index contributed by atoms with van der Waals surface area (Å²) in [6.45, 7) is 5.67. The molecule has 2 aromatic carbocycles. The van der Waals surface area contributed by atoms with Gasteiger partial charge in [-0.25, -0.2) is 4.39 Å². The molecule has 0 unspecified atom stereocenters. The summed E-state index contributed by atoms with van der Waals surface area (Å²) in [6.07, 6.45) is 2.12. The lowest BCUT2D eigenvalue weighted by Gasteiger charge is -2.17. The van der Waals surface area contributed by atoms with Gasteiger partial charge in [0.05, 0.1) is 5.69 Å². The molecule has 0 atom stereocenters. The van der Waals surface area contributed by atoms with E-state index in [4.69, 9.17) is 0 Å². The smallest absolute Gasteiger partial charge is 0.254 e. The number of nitrogens with zero attached hydrogens (tertiary/aromatic N) is 4. The SMILES string of the molecule is CC(C)c1nnc(SCc2ccccc2C(=O)N2CCCC2)n1-c1ccccc1F. The van der Waals surface area contributed by atoms with Crippen molar-refractivity contribution in [1.82, 2.24) is 19.7 Å². The molecule has 2 heterocycles. The number of carbonyl (C=O) groups is 1. The van der Waals surface area contributed by atoms with Crippen LogP contribution in [-0.2, 0) is 5.75 Å². The Morgan fingerprint density at radius 3 is 2.50 bits per heavy atom. The molecule has 1 aliphatic rings. The van der Waals surface area contributed by atoms with Gasteiger partial charge in [0.15, 0.2) is 5.16 Å². The fourth-order valence-corrected chi connectivity index (χ4v) is 4.65. The molecule has 0 radical (unpaired) electrons. The van der Waals surface area contributed by atoms with Crippen LogP contribution in [0.2, 0.25) is 0 Å². The lowest BCUT2D eigenvalue weighted by atomic mass is 10.1. The monoisotopic (exact) mass is 424 g/mol. The number of likely N-dealkylation sites (tertiary alicyclic amines) is 1. The average molecular weight is 425 g/mol. The first-order valence-electron chi connectivity index (χ1n) is 10.3. The van der Waals surface area contributed by atoms with Crippen molar-refractivity contribution in [3.63, 3.8) is 0 Å². The summed E-state index contributed by atoms with van der Waals surface area (Å²) >= 11 is 1.47. The normalized spacial score (nSPS) is 13.9. The maximum Gasteiger partial charge on any atom is 0.254 e. The highest BCUT2D eigenvalue weighted by molar-refractivity contribution is 7.98. The number of benzene rings is 2. The minimum atomic E-state index is -0.314. The molecule has 7 heteroatoms. The third-order valence-electron chi connectivity index (χ3n) is 5.27. The summed E-state index contributed by atoms with van der Waals surface area (Å²) in [5.41, 5.74) is 2.12. The zero-order chi connectivity index (χ0) is 21.1. The first-order chi connectivity index (χ1) is 14.6. The lowest BCUT2D eigenvalue weighted by Crippen LogP contribution is -2.28. The van der Waals surface area contributed by atoms with E-state index in [1.165, 1.54) is 17.8 Å². The standard InChI is InChI=1S/C23H25FN4OS/c1-16(2)21-25-26-23(28(21)20-12-6-5-11-19(20)24)30-15-17-9-3-4-10-18(17)22(29)27-13-7-8-14-27/h3-6,9-12,16H,7-8,13-15H2,1-2H3. The first-order valence-corrected chi connectivity index (χ1v) is 11.2. The molecule has 156 valence electrons. The molecule has 1 amide bonds. The van der Waals surface area contributed by atoms with Crippen molar-refractivity contribution in [2.45, 2.75) is 43.5 Å². The Bertz CT molecular complexity index is 1040. The minimum Gasteiger partial charge on any atom is -0.339 e. The van der Waals surface area contributed by atoms with Crippen molar-refractivity contribution in [3.8, 4) is 5.69 Å². The van der Waals surface area contributed by atoms with E-state index in [1.807, 2.05) is 43.0 Å². The topological polar surface area (TPSA) is 51.0 Å². The van der Waals surface area contributed by atoms with Crippen molar-refractivity contribution in [2.24, 2.45) is 0 Å². The average Bonchev–Trinajstić information content (AvgIpc) is 3.42. The molecule has 1 saturated heterocycles. The summed E-state index contributed by atoms with van der Waals surface area (Å²) in [4.78, 5) is 14.9. The van der Waals surface area contributed by atoms with Crippen molar-refractivity contribution >= 4 is 17.7 Å². The van der Waals surface area contributed by atoms with Gasteiger partial charge in [-0.1, -0.05) is 55.9 Å². The van der Waals surface area contributed by atoms with Crippen molar-refractivity contribution in [1.29, 1.82) is 0 Å². The summed E-state index contributed by atoms with van der Waals surface area (Å²) in [5, 5.41) is 9.27. The maximum absolute atomic E-state index is 14.5. The third kappa shape index (κ3) is 4.12. The quantitative estimate of drug-likeness (QED) is 0.519. The number of para-hydroxylation sites is 1. The van der Waals surface area contributed by atoms with Gasteiger partial charge in [-0.05, 0) is 36.6 Å². The molecule has 1 aliphatic heterocycles. The summed E-state index contributed by atoms with van der Waals surface area (Å²) in [5.74, 6) is 1.13. The van der Waals surface area contributed by atoms with E-state index in [9.17, 15) is 9.18 Å². The number of hydrogen-bond acceptors (Lipinski definition) is 4. The van der Waals surface area contributed by atoms with Crippen molar-refractivity contribution < 1.29 is 9.18 Å². The van der Waals surface area contributed by atoms with Crippen LogP contribution in [0.4, 0.5) is 4.39 Å². The van der Waals surface area contributed by atoms with E-state index in [2.05, 4.69) is 10.2 Å². The van der Waals surface area contributed by atoms with E-state index < -0.39 is 0 Å². The van der Waals surface area contributed by atoms with Gasteiger partial charge in [0, 0.05) is 30.3 Å². The van der Waals surface area contributed by atoms with Crippen LogP contribution in [0.25, 0.3) is 5.69 Å². The van der Waals surface area contributed by atoms with Crippen molar-refractivity contribution in [2.75, 3.05) is 13.1 Å². The molecule has 0 bridgehead atoms. The second-order valence-corrected chi connectivity index (χ2v) is 8.67. The largest absolute Gasteiger partial charge is 0.339 e. The third-order valence-corrected chi connectivity index (χ3v) is 6.24. The fourth-order valence-electron chi connectivity index (χ4n) is 3.70. The summed E-state index contributed by atoms with van der Waals surface area (Å²) in [6, 6.07) is 14.4. The highest BCUT2D eigenvalue weighted by atomic mass is 32.2. The van der Waals surface area contributed by atoms with Crippen LogP contribution in [0.15, 0.2) is 53.7 Å². The Kier molecular flexibility index (Phi) is 6.18. The van der Waals surface area contributed by atoms with Gasteiger partial charge in [-0.2, -0.15) is 0 Å². The Morgan fingerprint density at radius 2 is 1.77 bits per heavy atom. The molecule has 4 rings (SSSR count). The van der Waals surface area contributed by atoms with Crippen LogP contribution in [-0.4, -0.2) is 38.7 Å². The van der Waals surface area contributed by atoms with E-state index in [1.54, 1.807) is 22.8 Å². The van der Waals surface area contributed by atoms with Gasteiger partial charge >= 0.3 is 0 Å². The number of amides is 1. The first kappa shape index (κ1) is 20.6. The fraction of sp³-hybridized carbons (Fsp3) is 0.348. The molecule has 0 N–H and O–H groups in total. The second kappa shape index (κ2) is 9.00. The molecule has 1 aromatic heterocycles. The number of carbonyl (C=O) groups excluding carboxylic acids is 1. The predicted molar refractivity (Wildman–Crippen MR) is 117 cm³/mol. The van der Waals surface area contributed by atoms with Crippen LogP contribution < -0.4 is 0 Å². The van der Waals surface area contributed by atoms with E-state index in [-0.39, 0.29) is 17.6 Å². The zero-order valence-corrected chi connectivity index (χ0v) is 18.0. The number of halogens is 1. The highest BCUT2D eigenvalue weighted by Crippen LogP contribution is 2.30. The van der Waals surface area contributed by atoms with E-state index in [0.29, 0.717) is 22.4 Å². The van der Waals surface area contributed by atoms with Crippen LogP contribution in [0.1, 0.15) is 54.4 Å². The Labute approximate surface area is 180 Å². The van der Waals surface area contributed by atoms with Gasteiger partial charge in [0.25, 0.3) is 5.91 Å². The number of thioether (sulfide) groups is 1. The Balaban J connectivity index is 1.63. The van der Waals surface area contributed by atoms with Crippen LogP contribution >= 0.6 is 11.8 Å². The predicted octanol–water partition coefficient (Wildman–Crippen LogP) is 5.06. The summed E-state index contributed by atoms with van der Waals surface area (Å²) < 4.78 is 16.3. The second-order valence-electron chi connectivity index (χ2n) is 7.73. The van der Waals surface area contributed by atoms with Gasteiger partial charge in [-0.3, -0.25) is 9.36 Å². The number of hydrogen-bond donors (Lipinski definition) is 0. The molecule has 0 saturated carbocycles. The lowest BCUT2D eigenvalue weighted by molar-refractivity contribution is 0.0792. The van der Waals surface area contributed by atoms with Crippen LogP contribution in [0.3, 0.4) is 0 Å². The van der Waals surface area contributed by atoms with Crippen LogP contribution in [0.5, 0.6) is 0 Å². The molecule has 3 aromatic rings.